The smallest absolute Gasteiger partial charge is 0.355 e. The Labute approximate surface area is 59.7 Å². The molecule has 0 saturated heterocycles. The van der Waals surface area contributed by atoms with Crippen molar-refractivity contribution in [2.24, 2.45) is 0 Å². The van der Waals surface area contributed by atoms with Crippen LogP contribution in [0.2, 0.25) is 0 Å². The Kier molecular flexibility index (Phi) is 4.16. The number of carboxylic acids is 1. The van der Waals surface area contributed by atoms with E-state index in [1.165, 1.54) is 6.66 Å². The first-order valence-corrected chi connectivity index (χ1v) is 4.60. The van der Waals surface area contributed by atoms with Crippen LogP contribution in [0.1, 0.15) is 6.42 Å². The fourth-order valence-electron chi connectivity index (χ4n) is 0.583. The summed E-state index contributed by atoms with van der Waals surface area (Å²) in [5.41, 5.74) is -0.889. The Balaban J connectivity index is 3.98. The van der Waals surface area contributed by atoms with Crippen LogP contribution in [0.5, 0.6) is 0 Å². The molecule has 2 unspecified atom stereocenters. The number of hydrogen-bond acceptors (Lipinski definition) is 3. The van der Waals surface area contributed by atoms with Gasteiger partial charge in [-0.1, -0.05) is 4.57 Å². The van der Waals surface area contributed by atoms with E-state index in [1.54, 1.807) is 0 Å². The fourth-order valence-corrected chi connectivity index (χ4v) is 1.37. The number of aliphatic hydroxyl groups is 1. The van der Waals surface area contributed by atoms with Crippen molar-refractivity contribution in [3.05, 3.63) is 0 Å². The van der Waals surface area contributed by atoms with Crippen molar-refractivity contribution in [2.45, 2.75) is 12.1 Å². The van der Waals surface area contributed by atoms with Gasteiger partial charge in [0.2, 0.25) is 0 Å². The van der Waals surface area contributed by atoms with Crippen molar-refractivity contribution >= 4 is 13.8 Å². The van der Waals surface area contributed by atoms with Gasteiger partial charge in [0.25, 0.3) is 5.66 Å². The second-order valence-electron chi connectivity index (χ2n) is 1.91. The summed E-state index contributed by atoms with van der Waals surface area (Å²) in [4.78, 5) is 10.2. The molecule has 2 atom stereocenters. The maximum atomic E-state index is 10.6. The first-order chi connectivity index (χ1) is 4.59. The van der Waals surface area contributed by atoms with Gasteiger partial charge in [-0.15, -0.1) is 0 Å². The van der Waals surface area contributed by atoms with Crippen molar-refractivity contribution in [3.63, 3.8) is 0 Å². The molecule has 0 aliphatic heterocycles. The molecule has 0 aromatic carbocycles. The molecule has 0 aromatic heterocycles. The molecule has 58 valence electrons. The molecule has 5 heteroatoms. The highest BCUT2D eigenvalue weighted by atomic mass is 31.1. The zero-order chi connectivity index (χ0) is 8.15. The molecular weight excluding hydrogens is 155 g/mol. The van der Waals surface area contributed by atoms with Crippen molar-refractivity contribution in [3.8, 4) is 0 Å². The van der Waals surface area contributed by atoms with Crippen LogP contribution in [0.3, 0.4) is 0 Å². The molecule has 0 aliphatic carbocycles. The fraction of sp³-hybridized carbons (Fsp3) is 0.800. The third-order valence-electron chi connectivity index (χ3n) is 1.13. The Morgan fingerprint density at radius 3 is 2.30 bits per heavy atom. The monoisotopic (exact) mass is 165 g/mol. The molecule has 0 radical (unpaired) electrons. The molecule has 0 bridgehead atoms. The lowest BCUT2D eigenvalue weighted by molar-refractivity contribution is -0.136. The van der Waals surface area contributed by atoms with Gasteiger partial charge in [0.05, 0.1) is 0 Å². The Morgan fingerprint density at radius 2 is 2.20 bits per heavy atom. The summed E-state index contributed by atoms with van der Waals surface area (Å²) in [6.07, 6.45) is 0.0705. The number of aliphatic carboxylic acids is 1. The molecule has 0 spiro atoms. The zero-order valence-corrected chi connectivity index (χ0v) is 6.54. The molecule has 0 saturated carbocycles. The van der Waals surface area contributed by atoms with Gasteiger partial charge in [0, 0.05) is 13.0 Å². The maximum absolute atomic E-state index is 10.6. The summed E-state index contributed by atoms with van der Waals surface area (Å²) in [5.74, 6) is -1.10. The highest BCUT2D eigenvalue weighted by Gasteiger charge is 2.31. The van der Waals surface area contributed by atoms with Crippen LogP contribution in [0.4, 0.5) is 0 Å². The number of hydrogen-bond donors (Lipinski definition) is 2. The second-order valence-corrected chi connectivity index (χ2v) is 3.63. The number of rotatable bonds is 4. The van der Waals surface area contributed by atoms with Gasteiger partial charge in [-0.25, -0.2) is 4.79 Å². The number of aliphatic hydroxyl groups excluding tert-OH is 1. The second kappa shape index (κ2) is 4.36. The quantitative estimate of drug-likeness (QED) is 0.586. The molecule has 2 N–H and O–H groups in total. The van der Waals surface area contributed by atoms with E-state index < -0.39 is 19.4 Å². The van der Waals surface area contributed by atoms with Gasteiger partial charge in [-0.2, -0.15) is 0 Å². The van der Waals surface area contributed by atoms with E-state index in [0.29, 0.717) is 0 Å². The van der Waals surface area contributed by atoms with Crippen LogP contribution in [0.15, 0.2) is 0 Å². The highest BCUT2D eigenvalue weighted by Crippen LogP contribution is 2.25. The van der Waals surface area contributed by atoms with E-state index in [4.69, 9.17) is 10.2 Å². The van der Waals surface area contributed by atoms with Crippen LogP contribution < -0.4 is 0 Å². The molecule has 4 nitrogen and oxygen atoms in total. The lowest BCUT2D eigenvalue weighted by Crippen LogP contribution is -2.17. The largest absolute Gasteiger partial charge is 0.478 e. The van der Waals surface area contributed by atoms with Crippen molar-refractivity contribution < 1.29 is 19.6 Å². The molecule has 0 heterocycles. The van der Waals surface area contributed by atoms with Crippen molar-refractivity contribution in [1.29, 1.82) is 0 Å². The molecule has 0 aromatic rings. The molecule has 0 rings (SSSR count). The maximum Gasteiger partial charge on any atom is 0.355 e. The van der Waals surface area contributed by atoms with Crippen LogP contribution in [-0.2, 0) is 9.36 Å². The Bertz CT molecular complexity index is 131. The average molecular weight is 165 g/mol. The van der Waals surface area contributed by atoms with E-state index in [2.05, 4.69) is 0 Å². The van der Waals surface area contributed by atoms with Crippen LogP contribution in [0.25, 0.3) is 0 Å². The van der Waals surface area contributed by atoms with E-state index >= 15 is 0 Å². The molecule has 0 fully saturated rings. The van der Waals surface area contributed by atoms with E-state index in [-0.39, 0.29) is 13.0 Å². The summed E-state index contributed by atoms with van der Waals surface area (Å²) >= 11 is 0. The first-order valence-electron chi connectivity index (χ1n) is 2.83. The van der Waals surface area contributed by atoms with Crippen LogP contribution >= 0.6 is 7.80 Å². The summed E-state index contributed by atoms with van der Waals surface area (Å²) in [6.45, 7) is 1.12. The minimum absolute atomic E-state index is 0.0705. The highest BCUT2D eigenvalue weighted by molar-refractivity contribution is 7.45. The minimum Gasteiger partial charge on any atom is -0.478 e. The summed E-state index contributed by atoms with van der Waals surface area (Å²) in [6, 6.07) is 0. The summed E-state index contributed by atoms with van der Waals surface area (Å²) < 4.78 is 10.6. The van der Waals surface area contributed by atoms with Gasteiger partial charge in [-0.05, 0) is 0 Å². The van der Waals surface area contributed by atoms with Crippen molar-refractivity contribution in [1.82, 2.24) is 0 Å². The number of carbonyl (C=O) groups is 1. The summed E-state index contributed by atoms with van der Waals surface area (Å²) in [7, 11) is -1.72. The lowest BCUT2D eigenvalue weighted by Gasteiger charge is -1.95. The molecular formula is C5H10O4P+. The molecule has 0 amide bonds. The first kappa shape index (κ1) is 9.53. The predicted octanol–water partition coefficient (Wildman–Crippen LogP) is 0.279. The third-order valence-corrected chi connectivity index (χ3v) is 2.48. The van der Waals surface area contributed by atoms with E-state index in [1.807, 2.05) is 0 Å². The summed E-state index contributed by atoms with van der Waals surface area (Å²) in [5, 5.41) is 16.7. The van der Waals surface area contributed by atoms with Gasteiger partial charge >= 0.3 is 13.8 Å². The van der Waals surface area contributed by atoms with Crippen molar-refractivity contribution in [2.75, 3.05) is 13.3 Å². The Hall–Kier alpha value is -0.470. The van der Waals surface area contributed by atoms with Gasteiger partial charge < -0.3 is 10.2 Å². The van der Waals surface area contributed by atoms with Crippen LogP contribution in [-0.4, -0.2) is 35.1 Å². The third kappa shape index (κ3) is 2.90. The number of carboxylic acid groups (broad SMARTS) is 1. The minimum atomic E-state index is -1.72. The Morgan fingerprint density at radius 1 is 1.70 bits per heavy atom. The lowest BCUT2D eigenvalue weighted by atomic mass is 10.3. The predicted molar refractivity (Wildman–Crippen MR) is 36.7 cm³/mol. The normalized spacial score (nSPS) is 14.4. The molecule has 0 aliphatic rings. The van der Waals surface area contributed by atoms with E-state index in [0.717, 1.165) is 0 Å². The average Bonchev–Trinajstić information content (AvgIpc) is 1.81. The van der Waals surface area contributed by atoms with Gasteiger partial charge in [-0.3, -0.25) is 0 Å². The van der Waals surface area contributed by atoms with E-state index in [9.17, 15) is 9.36 Å². The van der Waals surface area contributed by atoms with Gasteiger partial charge in [0.15, 0.2) is 0 Å². The molecule has 10 heavy (non-hydrogen) atoms. The SMILES string of the molecule is C[P+](=O)C(CCO)C(=O)O. The standard InChI is InChI=1S/C5H9O4P/c1-10(9)4(2-3-6)5(7)8/h4,6H,2-3H2,1H3/p+1. The van der Waals surface area contributed by atoms with Crippen LogP contribution in [0, 0.1) is 0 Å². The topological polar surface area (TPSA) is 74.6 Å². The zero-order valence-electron chi connectivity index (χ0n) is 5.65. The van der Waals surface area contributed by atoms with Gasteiger partial charge in [0.1, 0.15) is 6.66 Å².